The lowest BCUT2D eigenvalue weighted by Gasteiger charge is -2.06. The molecule has 0 aliphatic carbocycles. The van der Waals surface area contributed by atoms with Gasteiger partial charge in [-0.2, -0.15) is 0 Å². The van der Waals surface area contributed by atoms with Crippen molar-refractivity contribution in [2.75, 3.05) is 19.8 Å². The molecule has 0 saturated heterocycles. The van der Waals surface area contributed by atoms with Crippen molar-refractivity contribution in [2.45, 2.75) is 142 Å². The average Bonchev–Trinajstić information content (AvgIpc) is 2.72. The van der Waals surface area contributed by atoms with Crippen LogP contribution in [-0.2, 0) is 14.3 Å². The Bertz CT molecular complexity index is 317. The zero-order valence-corrected chi connectivity index (χ0v) is 20.0. The monoisotopic (exact) mass is 412 g/mol. The molecule has 0 atom stereocenters. The van der Waals surface area contributed by atoms with Crippen molar-refractivity contribution in [1.82, 2.24) is 0 Å². The molecule has 0 aromatic carbocycles. The van der Waals surface area contributed by atoms with Crippen molar-refractivity contribution in [2.24, 2.45) is 0 Å². The topological polar surface area (TPSA) is 35.5 Å². The van der Waals surface area contributed by atoms with Gasteiger partial charge in [-0.1, -0.05) is 110 Å². The number of unbranched alkanes of at least 4 members (excludes halogenated alkanes) is 16. The van der Waals surface area contributed by atoms with Crippen LogP contribution in [0.15, 0.2) is 0 Å². The largest absolute Gasteiger partial charge is 0.466 e. The summed E-state index contributed by atoms with van der Waals surface area (Å²) in [6.45, 7) is 6.64. The molecule has 3 heteroatoms. The standard InChI is InChI=1S/C26H52O3/c1-3-5-7-8-9-10-11-12-13-14-15-16-17-18-19-22-26(27)29-25-21-20-24-28-23-6-4-2/h3-25H2,1-2H3. The lowest BCUT2D eigenvalue weighted by Crippen LogP contribution is -2.06. The first-order chi connectivity index (χ1) is 14.3. The molecule has 0 aliphatic heterocycles. The van der Waals surface area contributed by atoms with Crippen LogP contribution in [0, 0.1) is 0 Å². The molecule has 0 aromatic heterocycles. The summed E-state index contributed by atoms with van der Waals surface area (Å²) in [6.07, 6.45) is 25.1. The molecular formula is C26H52O3. The van der Waals surface area contributed by atoms with Crippen LogP contribution < -0.4 is 0 Å². The average molecular weight is 413 g/mol. The Balaban J connectivity index is 3.12. The van der Waals surface area contributed by atoms with Crippen LogP contribution in [0.2, 0.25) is 0 Å². The number of hydrogen-bond donors (Lipinski definition) is 0. The fraction of sp³-hybridized carbons (Fsp3) is 0.962. The summed E-state index contributed by atoms with van der Waals surface area (Å²) in [4.78, 5) is 11.7. The maximum Gasteiger partial charge on any atom is 0.305 e. The summed E-state index contributed by atoms with van der Waals surface area (Å²) in [5.41, 5.74) is 0. The van der Waals surface area contributed by atoms with Crippen molar-refractivity contribution in [1.29, 1.82) is 0 Å². The zero-order valence-electron chi connectivity index (χ0n) is 20.0. The number of rotatable bonds is 24. The minimum Gasteiger partial charge on any atom is -0.466 e. The first kappa shape index (κ1) is 28.4. The molecule has 0 unspecified atom stereocenters. The van der Waals surface area contributed by atoms with Gasteiger partial charge in [0, 0.05) is 19.6 Å². The van der Waals surface area contributed by atoms with Crippen molar-refractivity contribution >= 4 is 5.97 Å². The Kier molecular flexibility index (Phi) is 25.0. The summed E-state index contributed by atoms with van der Waals surface area (Å²) in [6, 6.07) is 0. The van der Waals surface area contributed by atoms with E-state index in [1.54, 1.807) is 0 Å². The van der Waals surface area contributed by atoms with Gasteiger partial charge in [-0.3, -0.25) is 4.79 Å². The van der Waals surface area contributed by atoms with E-state index in [-0.39, 0.29) is 5.97 Å². The van der Waals surface area contributed by atoms with Gasteiger partial charge in [-0.25, -0.2) is 0 Å². The highest BCUT2D eigenvalue weighted by atomic mass is 16.5. The summed E-state index contributed by atoms with van der Waals surface area (Å²) in [5, 5.41) is 0. The molecular weight excluding hydrogens is 360 g/mol. The molecule has 0 amide bonds. The van der Waals surface area contributed by atoms with Gasteiger partial charge in [0.1, 0.15) is 0 Å². The van der Waals surface area contributed by atoms with Gasteiger partial charge in [0.15, 0.2) is 0 Å². The van der Waals surface area contributed by atoms with E-state index in [1.807, 2.05) is 0 Å². The van der Waals surface area contributed by atoms with Crippen LogP contribution in [-0.4, -0.2) is 25.8 Å². The fourth-order valence-corrected chi connectivity index (χ4v) is 3.55. The van der Waals surface area contributed by atoms with Gasteiger partial charge >= 0.3 is 5.97 Å². The molecule has 174 valence electrons. The van der Waals surface area contributed by atoms with Crippen LogP contribution in [0.5, 0.6) is 0 Å². The van der Waals surface area contributed by atoms with E-state index >= 15 is 0 Å². The number of carbonyl (C=O) groups excluding carboxylic acids is 1. The van der Waals surface area contributed by atoms with Crippen molar-refractivity contribution < 1.29 is 14.3 Å². The normalized spacial score (nSPS) is 11.1. The van der Waals surface area contributed by atoms with E-state index in [0.29, 0.717) is 13.0 Å². The second-order valence-corrected chi connectivity index (χ2v) is 8.59. The molecule has 0 heterocycles. The number of ether oxygens (including phenoxy) is 2. The van der Waals surface area contributed by atoms with E-state index < -0.39 is 0 Å². The third kappa shape index (κ3) is 25.4. The lowest BCUT2D eigenvalue weighted by molar-refractivity contribution is -0.144. The predicted octanol–water partition coefficient (Wildman–Crippen LogP) is 8.39. The van der Waals surface area contributed by atoms with Crippen molar-refractivity contribution in [3.8, 4) is 0 Å². The summed E-state index contributed by atoms with van der Waals surface area (Å²) >= 11 is 0. The van der Waals surface area contributed by atoms with Gasteiger partial charge in [0.2, 0.25) is 0 Å². The summed E-state index contributed by atoms with van der Waals surface area (Å²) < 4.78 is 10.8. The maximum atomic E-state index is 11.7. The van der Waals surface area contributed by atoms with Crippen LogP contribution >= 0.6 is 0 Å². The molecule has 3 nitrogen and oxygen atoms in total. The highest BCUT2D eigenvalue weighted by Crippen LogP contribution is 2.13. The summed E-state index contributed by atoms with van der Waals surface area (Å²) in [7, 11) is 0. The highest BCUT2D eigenvalue weighted by Gasteiger charge is 2.02. The lowest BCUT2D eigenvalue weighted by atomic mass is 10.0. The van der Waals surface area contributed by atoms with E-state index in [0.717, 1.165) is 45.3 Å². The van der Waals surface area contributed by atoms with Crippen LogP contribution in [0.25, 0.3) is 0 Å². The number of esters is 1. The molecule has 0 fully saturated rings. The van der Waals surface area contributed by atoms with E-state index in [2.05, 4.69) is 13.8 Å². The molecule has 0 rings (SSSR count). The second kappa shape index (κ2) is 25.5. The minimum atomic E-state index is -0.0217. The molecule has 0 saturated carbocycles. The second-order valence-electron chi connectivity index (χ2n) is 8.59. The van der Waals surface area contributed by atoms with Gasteiger partial charge in [-0.15, -0.1) is 0 Å². The Hall–Kier alpha value is -0.570. The van der Waals surface area contributed by atoms with Crippen molar-refractivity contribution in [3.05, 3.63) is 0 Å². The molecule has 0 aromatic rings. The molecule has 29 heavy (non-hydrogen) atoms. The Labute approximate surface area is 182 Å². The van der Waals surface area contributed by atoms with Gasteiger partial charge in [0.25, 0.3) is 0 Å². The predicted molar refractivity (Wildman–Crippen MR) is 125 cm³/mol. The van der Waals surface area contributed by atoms with Crippen molar-refractivity contribution in [3.63, 3.8) is 0 Å². The minimum absolute atomic E-state index is 0.0217. The smallest absolute Gasteiger partial charge is 0.305 e. The molecule has 0 spiro atoms. The first-order valence-corrected chi connectivity index (χ1v) is 13.0. The van der Waals surface area contributed by atoms with Gasteiger partial charge in [0.05, 0.1) is 6.61 Å². The van der Waals surface area contributed by atoms with E-state index in [1.165, 1.54) is 89.9 Å². The number of carbonyl (C=O) groups is 1. The maximum absolute atomic E-state index is 11.7. The van der Waals surface area contributed by atoms with E-state index in [9.17, 15) is 4.79 Å². The first-order valence-electron chi connectivity index (χ1n) is 13.0. The van der Waals surface area contributed by atoms with Crippen LogP contribution in [0.1, 0.15) is 142 Å². The Morgan fingerprint density at radius 2 is 0.897 bits per heavy atom. The quantitative estimate of drug-likeness (QED) is 0.118. The Morgan fingerprint density at radius 3 is 1.41 bits per heavy atom. The van der Waals surface area contributed by atoms with E-state index in [4.69, 9.17) is 9.47 Å². The molecule has 0 radical (unpaired) electrons. The van der Waals surface area contributed by atoms with Gasteiger partial charge in [-0.05, 0) is 25.7 Å². The zero-order chi connectivity index (χ0) is 21.3. The third-order valence-corrected chi connectivity index (χ3v) is 5.57. The number of hydrogen-bond acceptors (Lipinski definition) is 3. The van der Waals surface area contributed by atoms with Crippen LogP contribution in [0.4, 0.5) is 0 Å². The molecule has 0 bridgehead atoms. The molecule has 0 N–H and O–H groups in total. The Morgan fingerprint density at radius 1 is 0.483 bits per heavy atom. The summed E-state index contributed by atoms with van der Waals surface area (Å²) in [5.74, 6) is -0.0217. The SMILES string of the molecule is CCCCCCCCCCCCCCCCCC(=O)OCCCCOCCCC. The van der Waals surface area contributed by atoms with Crippen LogP contribution in [0.3, 0.4) is 0 Å². The third-order valence-electron chi connectivity index (χ3n) is 5.57. The molecule has 0 aliphatic rings. The van der Waals surface area contributed by atoms with Gasteiger partial charge < -0.3 is 9.47 Å². The highest BCUT2D eigenvalue weighted by molar-refractivity contribution is 5.69. The fourth-order valence-electron chi connectivity index (χ4n) is 3.55.